The van der Waals surface area contributed by atoms with Crippen LogP contribution < -0.4 is 0 Å². The molecule has 0 saturated carbocycles. The van der Waals surface area contributed by atoms with E-state index in [0.717, 1.165) is 0 Å². The van der Waals surface area contributed by atoms with Gasteiger partial charge in [0.25, 0.3) is 0 Å². The fourth-order valence-corrected chi connectivity index (χ4v) is 9.84. The average molecular weight is 418 g/mol. The van der Waals surface area contributed by atoms with Gasteiger partial charge in [-0.3, -0.25) is 0 Å². The fourth-order valence-electron chi connectivity index (χ4n) is 0.728. The van der Waals surface area contributed by atoms with Gasteiger partial charge in [0.05, 0.1) is 0 Å². The first-order chi connectivity index (χ1) is 5.95. The Bertz CT molecular complexity index is 235. The minimum absolute atomic E-state index is 0.698. The summed E-state index contributed by atoms with van der Waals surface area (Å²) < 4.78 is 3.39. The molecule has 0 aromatic carbocycles. The fraction of sp³-hybridized carbons (Fsp3) is 0. The van der Waals surface area contributed by atoms with Crippen molar-refractivity contribution >= 4 is 59.8 Å². The quantitative estimate of drug-likeness (QED) is 0.544. The molecule has 0 aliphatic carbocycles. The molecule has 2 aliphatic heterocycles. The summed E-state index contributed by atoms with van der Waals surface area (Å²) >= 11 is 2.79. The second-order valence-electron chi connectivity index (χ2n) is 1.99. The predicted octanol–water partition coefficient (Wildman–Crippen LogP) is 0.456. The summed E-state index contributed by atoms with van der Waals surface area (Å²) in [5.41, 5.74) is 0. The first-order valence-corrected chi connectivity index (χ1v) is 10.7. The second-order valence-corrected chi connectivity index (χ2v) is 12.6. The van der Waals surface area contributed by atoms with E-state index in [4.69, 9.17) is 0 Å². The van der Waals surface area contributed by atoms with Crippen LogP contribution in [-0.4, -0.2) is 59.8 Å². The van der Waals surface area contributed by atoms with Crippen molar-refractivity contribution in [3.05, 3.63) is 38.8 Å². The van der Waals surface area contributed by atoms with E-state index in [1.54, 1.807) is 6.74 Å². The average Bonchev–Trinajstić information content (AvgIpc) is 2.74. The van der Waals surface area contributed by atoms with Crippen LogP contribution in [0.4, 0.5) is 0 Å². The molecule has 0 nitrogen and oxygen atoms in total. The molecule has 0 fully saturated rings. The molecule has 0 spiro atoms. The summed E-state index contributed by atoms with van der Waals surface area (Å²) in [7, 11) is 0. The first-order valence-electron chi connectivity index (χ1n) is 3.34. The van der Waals surface area contributed by atoms with Crippen LogP contribution in [0.25, 0.3) is 0 Å². The van der Waals surface area contributed by atoms with Gasteiger partial charge in [0.1, 0.15) is 0 Å². The molecule has 0 saturated heterocycles. The third-order valence-corrected chi connectivity index (χ3v) is 12.5. The van der Waals surface area contributed by atoms with Crippen molar-refractivity contribution in [1.29, 1.82) is 0 Å². The van der Waals surface area contributed by atoms with Crippen LogP contribution in [0, 0.1) is 0 Å². The minimum atomic E-state index is 0.698. The summed E-state index contributed by atoms with van der Waals surface area (Å²) in [6, 6.07) is 0. The maximum atomic E-state index is 2.38. The molecule has 0 radical (unpaired) electrons. The summed E-state index contributed by atoms with van der Waals surface area (Å²) in [6.07, 6.45) is 4.76. The Morgan fingerprint density at radius 1 is 0.667 bits per heavy atom. The SMILES string of the molecule is C1=C[Se]C(=CC=C2[Se]C=C[Se]2)[Se]1. The van der Waals surface area contributed by atoms with Crippen molar-refractivity contribution in [3.8, 4) is 0 Å². The molecule has 12 heavy (non-hydrogen) atoms. The molecular formula is C8H6Se4. The molecule has 2 aliphatic rings. The number of hydrogen-bond donors (Lipinski definition) is 0. The zero-order chi connectivity index (χ0) is 8.23. The van der Waals surface area contributed by atoms with Gasteiger partial charge in [-0.25, -0.2) is 0 Å². The van der Waals surface area contributed by atoms with E-state index in [-0.39, 0.29) is 0 Å². The van der Waals surface area contributed by atoms with Crippen LogP contribution in [0.3, 0.4) is 0 Å². The molecule has 0 bridgehead atoms. The molecule has 0 N–H and O–H groups in total. The topological polar surface area (TPSA) is 0 Å². The van der Waals surface area contributed by atoms with Crippen LogP contribution in [0.2, 0.25) is 0 Å². The van der Waals surface area contributed by atoms with Crippen molar-refractivity contribution < 1.29 is 0 Å². The predicted molar refractivity (Wildman–Crippen MR) is 57.5 cm³/mol. The number of hydrogen-bond acceptors (Lipinski definition) is 0. The van der Waals surface area contributed by atoms with E-state index < -0.39 is 0 Å². The van der Waals surface area contributed by atoms with E-state index in [9.17, 15) is 0 Å². The van der Waals surface area contributed by atoms with Crippen molar-refractivity contribution in [1.82, 2.24) is 0 Å². The Morgan fingerprint density at radius 3 is 1.33 bits per heavy atom. The first kappa shape index (κ1) is 9.59. The normalized spacial score (nSPS) is 20.7. The number of allylic oxidation sites excluding steroid dienone is 2. The van der Waals surface area contributed by atoms with E-state index in [1.165, 1.54) is 0 Å². The Labute approximate surface area is 97.6 Å². The third-order valence-electron chi connectivity index (χ3n) is 1.20. The zero-order valence-corrected chi connectivity index (χ0v) is 12.9. The van der Waals surface area contributed by atoms with Crippen LogP contribution in [-0.2, 0) is 0 Å². The molecule has 0 unspecified atom stereocenters. The maximum absolute atomic E-state index is 2.38. The van der Waals surface area contributed by atoms with Gasteiger partial charge >= 0.3 is 98.6 Å². The van der Waals surface area contributed by atoms with E-state index in [0.29, 0.717) is 59.8 Å². The van der Waals surface area contributed by atoms with Gasteiger partial charge in [-0.05, 0) is 0 Å². The Kier molecular flexibility index (Phi) is 4.04. The summed E-state index contributed by atoms with van der Waals surface area (Å²) in [5, 5.41) is 0. The standard InChI is InChI=1S/C8H6Se4/c1(7-9-3-4-10-7)2-8-11-5-6-12-8/h1-6H. The van der Waals surface area contributed by atoms with Gasteiger partial charge in [0, 0.05) is 0 Å². The van der Waals surface area contributed by atoms with Gasteiger partial charge in [0.2, 0.25) is 0 Å². The molecule has 2 heterocycles. The second kappa shape index (κ2) is 5.05. The Hall–Kier alpha value is 1.04. The summed E-state index contributed by atoms with van der Waals surface area (Å²) in [4.78, 5) is 9.39. The molecular weight excluding hydrogens is 412 g/mol. The Morgan fingerprint density at radius 2 is 1.00 bits per heavy atom. The third kappa shape index (κ3) is 2.77. The molecule has 62 valence electrons. The van der Waals surface area contributed by atoms with Gasteiger partial charge in [0.15, 0.2) is 0 Å². The van der Waals surface area contributed by atoms with Crippen molar-refractivity contribution in [2.24, 2.45) is 0 Å². The molecule has 0 aromatic rings. The van der Waals surface area contributed by atoms with Crippen molar-refractivity contribution in [2.75, 3.05) is 0 Å². The Balaban J connectivity index is 1.95. The van der Waals surface area contributed by atoms with Gasteiger partial charge in [-0.1, -0.05) is 0 Å². The van der Waals surface area contributed by atoms with Crippen LogP contribution in [0.15, 0.2) is 38.8 Å². The molecule has 4 heteroatoms. The number of rotatable bonds is 1. The van der Waals surface area contributed by atoms with Gasteiger partial charge in [-0.2, -0.15) is 0 Å². The van der Waals surface area contributed by atoms with Crippen molar-refractivity contribution in [2.45, 2.75) is 0 Å². The van der Waals surface area contributed by atoms with Crippen LogP contribution in [0.5, 0.6) is 0 Å². The van der Waals surface area contributed by atoms with Crippen LogP contribution >= 0.6 is 0 Å². The molecule has 0 amide bonds. The van der Waals surface area contributed by atoms with Gasteiger partial charge in [-0.15, -0.1) is 0 Å². The van der Waals surface area contributed by atoms with Crippen molar-refractivity contribution in [3.63, 3.8) is 0 Å². The van der Waals surface area contributed by atoms with E-state index in [2.05, 4.69) is 32.0 Å². The van der Waals surface area contributed by atoms with Gasteiger partial charge < -0.3 is 0 Å². The molecule has 0 atom stereocenters. The molecule has 2 rings (SSSR count). The summed E-state index contributed by atoms with van der Waals surface area (Å²) in [5.74, 6) is 0. The van der Waals surface area contributed by atoms with E-state index >= 15 is 0 Å². The van der Waals surface area contributed by atoms with E-state index in [1.807, 2.05) is 0 Å². The van der Waals surface area contributed by atoms with Crippen LogP contribution in [0.1, 0.15) is 0 Å². The monoisotopic (exact) mass is 422 g/mol. The zero-order valence-electron chi connectivity index (χ0n) is 6.10. The summed E-state index contributed by atoms with van der Waals surface area (Å²) in [6.45, 7) is 0. The molecule has 0 aromatic heterocycles.